The maximum atomic E-state index is 5.60. The Morgan fingerprint density at radius 3 is 2.55 bits per heavy atom. The topological polar surface area (TPSA) is 41.6 Å². The number of nitrogens with zero attached hydrogens (tertiary/aromatic N) is 2. The minimum absolute atomic E-state index is 0.616. The molecule has 0 amide bonds. The van der Waals surface area contributed by atoms with Gasteiger partial charge >= 0.3 is 0 Å². The molecular formula is C8H19N3. The highest BCUT2D eigenvalue weighted by atomic mass is 15.2. The fraction of sp³-hybridized carbons (Fsp3) is 0.875. The molecule has 0 aromatic rings. The predicted molar refractivity (Wildman–Crippen MR) is 49.6 cm³/mol. The lowest BCUT2D eigenvalue weighted by molar-refractivity contribution is 0.392. The first kappa shape index (κ1) is 10.3. The summed E-state index contributed by atoms with van der Waals surface area (Å²) in [5, 5.41) is 0. The highest BCUT2D eigenvalue weighted by molar-refractivity contribution is 5.77. The first-order chi connectivity index (χ1) is 5.11. The molecule has 0 bridgehead atoms. The van der Waals surface area contributed by atoms with Gasteiger partial charge in [-0.2, -0.15) is 0 Å². The molecule has 3 heteroatoms. The molecule has 0 aliphatic rings. The van der Waals surface area contributed by atoms with Crippen LogP contribution >= 0.6 is 0 Å². The molecule has 0 rings (SSSR count). The van der Waals surface area contributed by atoms with Gasteiger partial charge < -0.3 is 10.6 Å². The van der Waals surface area contributed by atoms with Gasteiger partial charge in [-0.05, 0) is 5.92 Å². The van der Waals surface area contributed by atoms with Crippen molar-refractivity contribution in [1.29, 1.82) is 0 Å². The van der Waals surface area contributed by atoms with Crippen molar-refractivity contribution in [3.63, 3.8) is 0 Å². The molecule has 0 aromatic carbocycles. The average Bonchev–Trinajstić information content (AvgIpc) is 2.02. The molecule has 3 nitrogen and oxygen atoms in total. The first-order valence-corrected chi connectivity index (χ1v) is 4.05. The van der Waals surface area contributed by atoms with E-state index in [2.05, 4.69) is 18.8 Å². The van der Waals surface area contributed by atoms with Gasteiger partial charge in [0.25, 0.3) is 0 Å². The molecular weight excluding hydrogens is 138 g/mol. The van der Waals surface area contributed by atoms with E-state index in [1.165, 1.54) is 6.42 Å². The molecule has 11 heavy (non-hydrogen) atoms. The number of hydrogen-bond acceptors (Lipinski definition) is 1. The van der Waals surface area contributed by atoms with Crippen LogP contribution in [0.1, 0.15) is 20.3 Å². The standard InChI is InChI=1S/C8H19N3/c1-5-7(2)6-11(4)8(9)10-3/h7H,5-6H2,1-4H3,(H2,9,10). The van der Waals surface area contributed by atoms with Gasteiger partial charge in [0.05, 0.1) is 0 Å². The Labute approximate surface area is 69.3 Å². The lowest BCUT2D eigenvalue weighted by atomic mass is 10.1. The third kappa shape index (κ3) is 3.86. The van der Waals surface area contributed by atoms with Crippen molar-refractivity contribution >= 4 is 5.96 Å². The van der Waals surface area contributed by atoms with Crippen LogP contribution in [0.5, 0.6) is 0 Å². The van der Waals surface area contributed by atoms with Crippen molar-refractivity contribution in [2.24, 2.45) is 16.6 Å². The minimum Gasteiger partial charge on any atom is -0.370 e. The molecule has 1 atom stereocenters. The quantitative estimate of drug-likeness (QED) is 0.488. The molecule has 0 fully saturated rings. The van der Waals surface area contributed by atoms with Gasteiger partial charge in [0.15, 0.2) is 5.96 Å². The summed E-state index contributed by atoms with van der Waals surface area (Å²) >= 11 is 0. The van der Waals surface area contributed by atoms with Crippen LogP contribution in [0.25, 0.3) is 0 Å². The van der Waals surface area contributed by atoms with Gasteiger partial charge in [0, 0.05) is 20.6 Å². The second kappa shape index (κ2) is 4.99. The summed E-state index contributed by atoms with van der Waals surface area (Å²) in [5.74, 6) is 1.30. The van der Waals surface area contributed by atoms with Crippen LogP contribution in [0.15, 0.2) is 4.99 Å². The summed E-state index contributed by atoms with van der Waals surface area (Å²) in [7, 11) is 3.68. The van der Waals surface area contributed by atoms with Crippen LogP contribution in [0.3, 0.4) is 0 Å². The zero-order valence-corrected chi connectivity index (χ0v) is 7.96. The zero-order valence-electron chi connectivity index (χ0n) is 7.96. The lowest BCUT2D eigenvalue weighted by Gasteiger charge is -2.20. The summed E-state index contributed by atoms with van der Waals surface area (Å²) in [6.07, 6.45) is 1.18. The van der Waals surface area contributed by atoms with Gasteiger partial charge in [-0.15, -0.1) is 0 Å². The van der Waals surface area contributed by atoms with Crippen molar-refractivity contribution < 1.29 is 0 Å². The van der Waals surface area contributed by atoms with Crippen molar-refractivity contribution in [3.05, 3.63) is 0 Å². The largest absolute Gasteiger partial charge is 0.370 e. The first-order valence-electron chi connectivity index (χ1n) is 4.05. The number of aliphatic imine (C=N–C) groups is 1. The Hall–Kier alpha value is -0.730. The maximum Gasteiger partial charge on any atom is 0.190 e. The Kier molecular flexibility index (Phi) is 4.66. The Bertz CT molecular complexity index is 131. The summed E-state index contributed by atoms with van der Waals surface area (Å²) in [4.78, 5) is 5.88. The van der Waals surface area contributed by atoms with E-state index in [-0.39, 0.29) is 0 Å². The monoisotopic (exact) mass is 157 g/mol. The highest BCUT2D eigenvalue weighted by Gasteiger charge is 2.04. The smallest absolute Gasteiger partial charge is 0.190 e. The van der Waals surface area contributed by atoms with Crippen molar-refractivity contribution in [2.45, 2.75) is 20.3 Å². The number of hydrogen-bond donors (Lipinski definition) is 1. The van der Waals surface area contributed by atoms with E-state index in [1.54, 1.807) is 7.05 Å². The summed E-state index contributed by atoms with van der Waals surface area (Å²) < 4.78 is 0. The number of guanidine groups is 1. The van der Waals surface area contributed by atoms with Crippen LogP contribution < -0.4 is 5.73 Å². The Balaban J connectivity index is 3.77. The fourth-order valence-electron chi connectivity index (χ4n) is 0.861. The van der Waals surface area contributed by atoms with Crippen molar-refractivity contribution in [2.75, 3.05) is 20.6 Å². The second-order valence-corrected chi connectivity index (χ2v) is 2.98. The number of nitrogens with two attached hydrogens (primary N) is 1. The molecule has 0 aliphatic heterocycles. The van der Waals surface area contributed by atoms with E-state index < -0.39 is 0 Å². The van der Waals surface area contributed by atoms with Gasteiger partial charge in [0.2, 0.25) is 0 Å². The van der Waals surface area contributed by atoms with Gasteiger partial charge in [0.1, 0.15) is 0 Å². The van der Waals surface area contributed by atoms with Crippen molar-refractivity contribution in [1.82, 2.24) is 4.90 Å². The Morgan fingerprint density at radius 1 is 1.64 bits per heavy atom. The summed E-state index contributed by atoms with van der Waals surface area (Å²) in [6, 6.07) is 0. The molecule has 0 saturated heterocycles. The fourth-order valence-corrected chi connectivity index (χ4v) is 0.861. The zero-order chi connectivity index (χ0) is 8.85. The van der Waals surface area contributed by atoms with Gasteiger partial charge in [-0.3, -0.25) is 4.99 Å². The second-order valence-electron chi connectivity index (χ2n) is 2.98. The molecule has 0 saturated carbocycles. The highest BCUT2D eigenvalue weighted by Crippen LogP contribution is 2.01. The predicted octanol–water partition coefficient (Wildman–Crippen LogP) is 0.909. The van der Waals surface area contributed by atoms with Crippen LogP contribution in [0.4, 0.5) is 0 Å². The van der Waals surface area contributed by atoms with E-state index in [0.717, 1.165) is 6.54 Å². The normalized spacial score (nSPS) is 14.7. The average molecular weight is 157 g/mol. The summed E-state index contributed by atoms with van der Waals surface area (Å²) in [6.45, 7) is 5.37. The van der Waals surface area contributed by atoms with Crippen LogP contribution in [0, 0.1) is 5.92 Å². The summed E-state index contributed by atoms with van der Waals surface area (Å²) in [5.41, 5.74) is 5.60. The van der Waals surface area contributed by atoms with Crippen LogP contribution in [-0.2, 0) is 0 Å². The van der Waals surface area contributed by atoms with Crippen LogP contribution in [0.2, 0.25) is 0 Å². The molecule has 1 unspecified atom stereocenters. The third-order valence-electron chi connectivity index (χ3n) is 1.90. The van der Waals surface area contributed by atoms with E-state index in [1.807, 2.05) is 11.9 Å². The minimum atomic E-state index is 0.616. The third-order valence-corrected chi connectivity index (χ3v) is 1.90. The van der Waals surface area contributed by atoms with E-state index >= 15 is 0 Å². The maximum absolute atomic E-state index is 5.60. The molecule has 0 heterocycles. The van der Waals surface area contributed by atoms with Gasteiger partial charge in [-0.25, -0.2) is 0 Å². The molecule has 66 valence electrons. The molecule has 0 aromatic heterocycles. The van der Waals surface area contributed by atoms with Crippen LogP contribution in [-0.4, -0.2) is 31.5 Å². The van der Waals surface area contributed by atoms with E-state index in [4.69, 9.17) is 5.73 Å². The molecule has 0 spiro atoms. The Morgan fingerprint density at radius 2 is 2.18 bits per heavy atom. The van der Waals surface area contributed by atoms with Gasteiger partial charge in [-0.1, -0.05) is 20.3 Å². The van der Waals surface area contributed by atoms with Crippen molar-refractivity contribution in [3.8, 4) is 0 Å². The SMILES string of the molecule is CCC(C)CN(C)C(N)=NC. The van der Waals surface area contributed by atoms with E-state index in [9.17, 15) is 0 Å². The lowest BCUT2D eigenvalue weighted by Crippen LogP contribution is -2.36. The molecule has 2 N–H and O–H groups in total. The number of rotatable bonds is 3. The van der Waals surface area contributed by atoms with E-state index in [0.29, 0.717) is 11.9 Å². The molecule has 0 radical (unpaired) electrons. The molecule has 0 aliphatic carbocycles.